The van der Waals surface area contributed by atoms with Crippen molar-refractivity contribution < 1.29 is 19.1 Å². The Morgan fingerprint density at radius 3 is 2.17 bits per heavy atom. The number of esters is 1. The first kappa shape index (κ1) is 20.8. The van der Waals surface area contributed by atoms with Crippen molar-refractivity contribution in [2.24, 2.45) is 0 Å². The van der Waals surface area contributed by atoms with E-state index >= 15 is 0 Å². The molecule has 23 heavy (non-hydrogen) atoms. The quantitative estimate of drug-likeness (QED) is 0.540. The number of ether oxygens (including phenoxy) is 2. The van der Waals surface area contributed by atoms with Crippen LogP contribution in [0, 0.1) is 22.7 Å². The molecule has 128 valence electrons. The van der Waals surface area contributed by atoms with Gasteiger partial charge in [-0.3, -0.25) is 9.59 Å². The normalized spacial score (nSPS) is 12.6. The van der Waals surface area contributed by atoms with Gasteiger partial charge in [-0.2, -0.15) is 10.5 Å². The Bertz CT molecular complexity index is 451. The second kappa shape index (κ2) is 11.4. The second-order valence-electron chi connectivity index (χ2n) is 5.30. The third-order valence-electron chi connectivity index (χ3n) is 3.23. The lowest BCUT2D eigenvalue weighted by atomic mass is 9.99. The molecule has 1 atom stereocenters. The maximum atomic E-state index is 12.2. The first-order valence-corrected chi connectivity index (χ1v) is 7.25. The smallest absolute Gasteiger partial charge is 0.307 e. The van der Waals surface area contributed by atoms with E-state index in [0.717, 1.165) is 0 Å². The number of methoxy groups -OCH3 is 2. The lowest BCUT2D eigenvalue weighted by Gasteiger charge is -2.30. The minimum absolute atomic E-state index is 0.0201. The van der Waals surface area contributed by atoms with Gasteiger partial charge in [0.1, 0.15) is 0 Å². The van der Waals surface area contributed by atoms with E-state index in [1.54, 1.807) is 6.92 Å². The first-order chi connectivity index (χ1) is 10.9. The molecule has 0 aromatic carbocycles. The number of rotatable bonds is 11. The summed E-state index contributed by atoms with van der Waals surface area (Å²) in [5.74, 6) is -0.641. The van der Waals surface area contributed by atoms with E-state index in [4.69, 9.17) is 15.3 Å². The molecule has 0 aliphatic rings. The molecule has 0 aromatic rings. The van der Waals surface area contributed by atoms with Crippen molar-refractivity contribution >= 4 is 11.9 Å². The molecule has 0 radical (unpaired) electrons. The second-order valence-corrected chi connectivity index (χ2v) is 5.30. The number of nitriles is 2. The molecule has 0 rings (SSSR count). The van der Waals surface area contributed by atoms with Crippen LogP contribution in [-0.2, 0) is 19.1 Å². The number of carbonyl (C=O) groups is 2. The molecule has 0 fully saturated rings. The fourth-order valence-electron chi connectivity index (χ4n) is 2.01. The lowest BCUT2D eigenvalue weighted by molar-refractivity contribution is -0.143. The van der Waals surface area contributed by atoms with Gasteiger partial charge < -0.3 is 19.7 Å². The molecule has 8 heteroatoms. The zero-order valence-corrected chi connectivity index (χ0v) is 13.9. The minimum Gasteiger partial charge on any atom is -0.469 e. The third-order valence-corrected chi connectivity index (χ3v) is 3.23. The Kier molecular flexibility index (Phi) is 10.3. The zero-order chi connectivity index (χ0) is 17.7. The average molecular weight is 324 g/mol. The molecule has 1 amide bonds. The highest BCUT2D eigenvalue weighted by atomic mass is 16.5. The number of hydrogen-bond donors (Lipinski definition) is 1. The van der Waals surface area contributed by atoms with Crippen LogP contribution in [0.3, 0.4) is 0 Å². The lowest BCUT2D eigenvalue weighted by Crippen LogP contribution is -2.52. The fourth-order valence-corrected chi connectivity index (χ4v) is 2.01. The van der Waals surface area contributed by atoms with Gasteiger partial charge in [0.25, 0.3) is 0 Å². The molecule has 0 aliphatic carbocycles. The van der Waals surface area contributed by atoms with Gasteiger partial charge in [-0.05, 0) is 6.92 Å². The van der Waals surface area contributed by atoms with E-state index < -0.39 is 11.5 Å². The van der Waals surface area contributed by atoms with Gasteiger partial charge in [0.2, 0.25) is 5.91 Å². The van der Waals surface area contributed by atoms with Gasteiger partial charge in [0.05, 0.1) is 51.7 Å². The SMILES string of the molecule is COC[C@](C)(CC(=O)OC)NCC(=O)N(CCC#N)CCC#N. The van der Waals surface area contributed by atoms with E-state index in [2.05, 4.69) is 10.1 Å². The topological polar surface area (TPSA) is 115 Å². The Morgan fingerprint density at radius 1 is 1.17 bits per heavy atom. The number of nitrogens with one attached hydrogen (secondary N) is 1. The summed E-state index contributed by atoms with van der Waals surface area (Å²) in [5, 5.41) is 20.3. The van der Waals surface area contributed by atoms with E-state index in [1.807, 2.05) is 12.1 Å². The molecular formula is C15H24N4O4. The van der Waals surface area contributed by atoms with Crippen LogP contribution in [0.25, 0.3) is 0 Å². The summed E-state index contributed by atoms with van der Waals surface area (Å²) in [5.41, 5.74) is -0.742. The number of amides is 1. The molecule has 0 bridgehead atoms. The van der Waals surface area contributed by atoms with Gasteiger partial charge in [0.15, 0.2) is 0 Å². The molecule has 8 nitrogen and oxygen atoms in total. The number of nitrogens with zero attached hydrogens (tertiary/aromatic N) is 3. The van der Waals surface area contributed by atoms with Crippen LogP contribution in [0.15, 0.2) is 0 Å². The van der Waals surface area contributed by atoms with E-state index in [-0.39, 0.29) is 51.4 Å². The highest BCUT2D eigenvalue weighted by molar-refractivity contribution is 5.78. The summed E-state index contributed by atoms with van der Waals surface area (Å²) in [6, 6.07) is 3.95. The van der Waals surface area contributed by atoms with Gasteiger partial charge in [-0.25, -0.2) is 0 Å². The van der Waals surface area contributed by atoms with Gasteiger partial charge >= 0.3 is 5.97 Å². The molecule has 0 aromatic heterocycles. The number of hydrogen-bond acceptors (Lipinski definition) is 7. The Balaban J connectivity index is 4.70. The van der Waals surface area contributed by atoms with Gasteiger partial charge in [0, 0.05) is 25.7 Å². The first-order valence-electron chi connectivity index (χ1n) is 7.25. The van der Waals surface area contributed by atoms with Gasteiger partial charge in [-0.15, -0.1) is 0 Å². The van der Waals surface area contributed by atoms with Crippen LogP contribution in [0.2, 0.25) is 0 Å². The van der Waals surface area contributed by atoms with Crippen LogP contribution >= 0.6 is 0 Å². The predicted octanol–water partition coefficient (Wildman–Crippen LogP) is 0.200. The molecular weight excluding hydrogens is 300 g/mol. The summed E-state index contributed by atoms with van der Waals surface area (Å²) in [4.78, 5) is 25.2. The minimum atomic E-state index is -0.742. The highest BCUT2D eigenvalue weighted by Gasteiger charge is 2.29. The van der Waals surface area contributed by atoms with Crippen LogP contribution in [-0.4, -0.2) is 62.8 Å². The van der Waals surface area contributed by atoms with Crippen molar-refractivity contribution in [1.82, 2.24) is 10.2 Å². The molecule has 0 heterocycles. The Labute approximate surface area is 136 Å². The zero-order valence-electron chi connectivity index (χ0n) is 13.9. The van der Waals surface area contributed by atoms with Crippen LogP contribution in [0.4, 0.5) is 0 Å². The number of carbonyl (C=O) groups excluding carboxylic acids is 2. The van der Waals surface area contributed by atoms with Crippen LogP contribution in [0.5, 0.6) is 0 Å². The Hall–Kier alpha value is -2.16. The monoisotopic (exact) mass is 324 g/mol. The van der Waals surface area contributed by atoms with Crippen LogP contribution in [0.1, 0.15) is 26.2 Å². The molecule has 0 spiro atoms. The van der Waals surface area contributed by atoms with Crippen molar-refractivity contribution in [2.75, 3.05) is 40.5 Å². The summed E-state index contributed by atoms with van der Waals surface area (Å²) >= 11 is 0. The van der Waals surface area contributed by atoms with Gasteiger partial charge in [-0.1, -0.05) is 0 Å². The Morgan fingerprint density at radius 2 is 1.74 bits per heavy atom. The van der Waals surface area contributed by atoms with E-state index in [1.165, 1.54) is 19.1 Å². The maximum absolute atomic E-state index is 12.2. The molecule has 0 saturated heterocycles. The maximum Gasteiger partial charge on any atom is 0.307 e. The molecule has 0 unspecified atom stereocenters. The molecule has 0 aliphatic heterocycles. The summed E-state index contributed by atoms with van der Waals surface area (Å²) in [7, 11) is 2.80. The summed E-state index contributed by atoms with van der Waals surface area (Å²) in [6.07, 6.45) is 0.463. The molecule has 0 saturated carbocycles. The van der Waals surface area contributed by atoms with Crippen molar-refractivity contribution in [1.29, 1.82) is 10.5 Å². The molecule has 1 N–H and O–H groups in total. The standard InChI is InChI=1S/C15H24N4O4/c1-15(12-22-2,10-14(21)23-3)18-11-13(20)19(8-4-6-16)9-5-7-17/h18H,4-5,8-12H2,1-3H3/t15-/m0/s1. The van der Waals surface area contributed by atoms with E-state index in [9.17, 15) is 9.59 Å². The van der Waals surface area contributed by atoms with Crippen LogP contribution < -0.4 is 5.32 Å². The predicted molar refractivity (Wildman–Crippen MR) is 82.0 cm³/mol. The third kappa shape index (κ3) is 8.77. The largest absolute Gasteiger partial charge is 0.469 e. The summed E-state index contributed by atoms with van der Waals surface area (Å²) in [6.45, 7) is 2.52. The van der Waals surface area contributed by atoms with Crippen molar-refractivity contribution in [3.63, 3.8) is 0 Å². The van der Waals surface area contributed by atoms with E-state index in [0.29, 0.717) is 0 Å². The fraction of sp³-hybridized carbons (Fsp3) is 0.733. The van der Waals surface area contributed by atoms with Crippen molar-refractivity contribution in [2.45, 2.75) is 31.7 Å². The van der Waals surface area contributed by atoms with Crippen molar-refractivity contribution in [3.05, 3.63) is 0 Å². The summed E-state index contributed by atoms with van der Waals surface area (Å²) < 4.78 is 9.74. The average Bonchev–Trinajstić information content (AvgIpc) is 2.53. The highest BCUT2D eigenvalue weighted by Crippen LogP contribution is 2.11. The van der Waals surface area contributed by atoms with Crippen molar-refractivity contribution in [3.8, 4) is 12.1 Å².